The zero-order valence-corrected chi connectivity index (χ0v) is 16.9. The Morgan fingerprint density at radius 2 is 1.84 bits per heavy atom. The third kappa shape index (κ3) is 3.62. The summed E-state index contributed by atoms with van der Waals surface area (Å²) in [4.78, 5) is 28.0. The second-order valence-electron chi connectivity index (χ2n) is 6.92. The molecule has 5 aromatic rings. The number of non-ortho nitro benzene ring substituents is 1. The topological polar surface area (TPSA) is 102 Å². The number of fused-ring (bicyclic) bond motifs is 2. The van der Waals surface area contributed by atoms with Crippen LogP contribution in [0.5, 0.6) is 0 Å². The number of aromatic nitrogens is 3. The quantitative estimate of drug-likeness (QED) is 0.322. The molecule has 5 rings (SSSR count). The van der Waals surface area contributed by atoms with E-state index >= 15 is 0 Å². The second-order valence-corrected chi connectivity index (χ2v) is 7.75. The Morgan fingerprint density at radius 3 is 2.65 bits per heavy atom. The van der Waals surface area contributed by atoms with Crippen molar-refractivity contribution >= 4 is 44.6 Å². The Hall–Kier alpha value is -4.11. The number of thiazole rings is 1. The Balaban J connectivity index is 1.37. The third-order valence-corrected chi connectivity index (χ3v) is 5.75. The van der Waals surface area contributed by atoms with Gasteiger partial charge in [0.15, 0.2) is 0 Å². The molecule has 0 unspecified atom stereocenters. The van der Waals surface area contributed by atoms with Gasteiger partial charge in [-0.3, -0.25) is 20.2 Å². The van der Waals surface area contributed by atoms with Crippen molar-refractivity contribution in [2.75, 3.05) is 5.32 Å². The van der Waals surface area contributed by atoms with E-state index in [1.165, 1.54) is 23.5 Å². The molecule has 0 aliphatic rings. The van der Waals surface area contributed by atoms with Crippen molar-refractivity contribution in [3.8, 4) is 11.3 Å². The number of amides is 1. The van der Waals surface area contributed by atoms with Gasteiger partial charge in [0.2, 0.25) is 16.8 Å². The molecule has 0 saturated carbocycles. The number of anilines is 1. The van der Waals surface area contributed by atoms with Gasteiger partial charge < -0.3 is 0 Å². The summed E-state index contributed by atoms with van der Waals surface area (Å²) < 4.78 is 1.62. The van der Waals surface area contributed by atoms with Gasteiger partial charge in [-0.05, 0) is 28.5 Å². The predicted molar refractivity (Wildman–Crippen MR) is 119 cm³/mol. The molecule has 0 fully saturated rings. The molecular weight excluding hydrogens is 414 g/mol. The zero-order chi connectivity index (χ0) is 21.4. The van der Waals surface area contributed by atoms with E-state index < -0.39 is 4.92 Å². The van der Waals surface area contributed by atoms with Crippen molar-refractivity contribution in [2.24, 2.45) is 0 Å². The summed E-state index contributed by atoms with van der Waals surface area (Å²) in [5.74, 6) is 0.0201. The van der Waals surface area contributed by atoms with Crippen LogP contribution in [0.2, 0.25) is 0 Å². The molecule has 1 amide bonds. The van der Waals surface area contributed by atoms with Crippen LogP contribution in [-0.2, 0) is 11.2 Å². The predicted octanol–water partition coefficient (Wildman–Crippen LogP) is 4.70. The van der Waals surface area contributed by atoms with Crippen molar-refractivity contribution in [3.05, 3.63) is 87.8 Å². The molecule has 0 spiro atoms. The average Bonchev–Trinajstić information content (AvgIpc) is 3.34. The number of hydrogen-bond donors (Lipinski definition) is 1. The lowest BCUT2D eigenvalue weighted by molar-refractivity contribution is -0.384. The maximum Gasteiger partial charge on any atom is 0.269 e. The van der Waals surface area contributed by atoms with Crippen molar-refractivity contribution < 1.29 is 9.72 Å². The molecule has 0 radical (unpaired) electrons. The van der Waals surface area contributed by atoms with Crippen LogP contribution in [0.3, 0.4) is 0 Å². The largest absolute Gasteiger partial charge is 0.293 e. The molecule has 0 saturated heterocycles. The summed E-state index contributed by atoms with van der Waals surface area (Å²) in [6.07, 6.45) is 0.212. The maximum absolute atomic E-state index is 12.6. The molecule has 1 N–H and O–H groups in total. The number of carbonyl (C=O) groups is 1. The highest BCUT2D eigenvalue weighted by molar-refractivity contribution is 7.15. The van der Waals surface area contributed by atoms with E-state index in [0.717, 1.165) is 27.6 Å². The standard InChI is InChI=1S/C22H15N5O3S/c28-20(12-16-6-3-5-14-4-1-2-7-18(14)16)23-21-24-22-26(25-21)19(13-31-22)15-8-10-17(11-9-15)27(29)30/h1-11,13H,12H2,(H,23,25,28). The van der Waals surface area contributed by atoms with Gasteiger partial charge in [0.25, 0.3) is 5.69 Å². The van der Waals surface area contributed by atoms with E-state index in [1.807, 2.05) is 47.8 Å². The number of nitro benzene ring substituents is 1. The average molecular weight is 429 g/mol. The highest BCUT2D eigenvalue weighted by atomic mass is 32.1. The summed E-state index contributed by atoms with van der Waals surface area (Å²) in [7, 11) is 0. The summed E-state index contributed by atoms with van der Waals surface area (Å²) >= 11 is 1.38. The summed E-state index contributed by atoms with van der Waals surface area (Å²) in [6, 6.07) is 20.1. The first-order valence-electron chi connectivity index (χ1n) is 9.44. The van der Waals surface area contributed by atoms with Crippen molar-refractivity contribution in [1.29, 1.82) is 0 Å². The third-order valence-electron chi connectivity index (χ3n) is 4.94. The Labute approximate surface area is 179 Å². The van der Waals surface area contributed by atoms with Gasteiger partial charge in [0.05, 0.1) is 17.0 Å². The van der Waals surface area contributed by atoms with Crippen LogP contribution in [0, 0.1) is 10.1 Å². The highest BCUT2D eigenvalue weighted by Crippen LogP contribution is 2.27. The van der Waals surface area contributed by atoms with Crippen LogP contribution in [-0.4, -0.2) is 25.4 Å². The van der Waals surface area contributed by atoms with Gasteiger partial charge in [-0.1, -0.05) is 42.5 Å². The first-order chi connectivity index (χ1) is 15.1. The summed E-state index contributed by atoms with van der Waals surface area (Å²) in [5, 5.41) is 22.0. The van der Waals surface area contributed by atoms with Crippen molar-refractivity contribution in [2.45, 2.75) is 6.42 Å². The number of hydrogen-bond acceptors (Lipinski definition) is 6. The van der Waals surface area contributed by atoms with Gasteiger partial charge >= 0.3 is 0 Å². The Morgan fingerprint density at radius 1 is 1.06 bits per heavy atom. The Kier molecular flexibility index (Phi) is 4.64. The molecular formula is C22H15N5O3S. The van der Waals surface area contributed by atoms with E-state index in [4.69, 9.17) is 0 Å². The molecule has 0 aliphatic heterocycles. The SMILES string of the molecule is O=C(Cc1cccc2ccccc12)Nc1nc2scc(-c3ccc([N+](=O)[O-])cc3)n2n1. The van der Waals surface area contributed by atoms with Gasteiger partial charge in [-0.2, -0.15) is 4.98 Å². The lowest BCUT2D eigenvalue weighted by Gasteiger charge is -2.06. The number of carbonyl (C=O) groups excluding carboxylic acids is 1. The molecule has 0 aliphatic carbocycles. The van der Waals surface area contributed by atoms with Crippen molar-refractivity contribution in [1.82, 2.24) is 14.6 Å². The van der Waals surface area contributed by atoms with Gasteiger partial charge in [0, 0.05) is 23.1 Å². The molecule has 2 aromatic heterocycles. The lowest BCUT2D eigenvalue weighted by Crippen LogP contribution is -2.15. The fourth-order valence-electron chi connectivity index (χ4n) is 3.48. The maximum atomic E-state index is 12.6. The molecule has 152 valence electrons. The fourth-order valence-corrected chi connectivity index (χ4v) is 4.31. The lowest BCUT2D eigenvalue weighted by atomic mass is 10.0. The highest BCUT2D eigenvalue weighted by Gasteiger charge is 2.15. The normalized spacial score (nSPS) is 11.1. The van der Waals surface area contributed by atoms with E-state index in [0.29, 0.717) is 4.96 Å². The van der Waals surface area contributed by atoms with Gasteiger partial charge in [-0.25, -0.2) is 4.52 Å². The molecule has 9 heteroatoms. The van der Waals surface area contributed by atoms with Crippen LogP contribution in [0.1, 0.15) is 5.56 Å². The molecule has 0 atom stereocenters. The van der Waals surface area contributed by atoms with Crippen molar-refractivity contribution in [3.63, 3.8) is 0 Å². The minimum atomic E-state index is -0.438. The first-order valence-corrected chi connectivity index (χ1v) is 10.3. The van der Waals surface area contributed by atoms with Crippen LogP contribution in [0.25, 0.3) is 27.0 Å². The minimum Gasteiger partial charge on any atom is -0.293 e. The van der Waals surface area contributed by atoms with Crippen LogP contribution in [0.15, 0.2) is 72.1 Å². The molecule has 2 heterocycles. The molecule has 3 aromatic carbocycles. The number of rotatable bonds is 5. The second kappa shape index (κ2) is 7.62. The summed E-state index contributed by atoms with van der Waals surface area (Å²) in [5.41, 5.74) is 2.48. The van der Waals surface area contributed by atoms with E-state index in [-0.39, 0.29) is 24.0 Å². The van der Waals surface area contributed by atoms with E-state index in [2.05, 4.69) is 15.4 Å². The molecule has 0 bridgehead atoms. The number of nitro groups is 1. The number of benzene rings is 3. The van der Waals surface area contributed by atoms with Crippen LogP contribution >= 0.6 is 11.3 Å². The number of nitrogens with one attached hydrogen (secondary N) is 1. The minimum absolute atomic E-state index is 0.0233. The van der Waals surface area contributed by atoms with Crippen LogP contribution < -0.4 is 5.32 Å². The molecule has 8 nitrogen and oxygen atoms in total. The fraction of sp³-hybridized carbons (Fsp3) is 0.0455. The zero-order valence-electron chi connectivity index (χ0n) is 16.1. The van der Waals surface area contributed by atoms with E-state index in [9.17, 15) is 14.9 Å². The van der Waals surface area contributed by atoms with Gasteiger partial charge in [0.1, 0.15) is 0 Å². The Bertz CT molecular complexity index is 1430. The van der Waals surface area contributed by atoms with E-state index in [1.54, 1.807) is 16.6 Å². The van der Waals surface area contributed by atoms with Gasteiger partial charge in [-0.15, -0.1) is 16.4 Å². The smallest absolute Gasteiger partial charge is 0.269 e. The van der Waals surface area contributed by atoms with Crippen LogP contribution in [0.4, 0.5) is 11.6 Å². The number of nitrogens with zero attached hydrogens (tertiary/aromatic N) is 4. The first kappa shape index (κ1) is 18.9. The monoisotopic (exact) mass is 429 g/mol. The molecule has 31 heavy (non-hydrogen) atoms. The summed E-state index contributed by atoms with van der Waals surface area (Å²) in [6.45, 7) is 0.